The van der Waals surface area contributed by atoms with Crippen LogP contribution in [0, 0.1) is 0 Å². The maximum absolute atomic E-state index is 12.0. The van der Waals surface area contributed by atoms with Crippen LogP contribution in [0.5, 0.6) is 0 Å². The second-order valence-corrected chi connectivity index (χ2v) is 5.02. The molecule has 1 fully saturated rings. The fourth-order valence-electron chi connectivity index (χ4n) is 2.38. The van der Waals surface area contributed by atoms with Gasteiger partial charge in [0, 0.05) is 18.7 Å². The van der Waals surface area contributed by atoms with Crippen LogP contribution in [0.1, 0.15) is 10.4 Å². The number of hydrogen-bond donors (Lipinski definition) is 4. The van der Waals surface area contributed by atoms with E-state index in [9.17, 15) is 14.7 Å². The molecule has 20 heavy (non-hydrogen) atoms. The summed E-state index contributed by atoms with van der Waals surface area (Å²) in [5.41, 5.74) is 0.470. The van der Waals surface area contributed by atoms with Gasteiger partial charge in [-0.25, -0.2) is 5.48 Å². The van der Waals surface area contributed by atoms with Gasteiger partial charge in [0.25, 0.3) is 11.8 Å². The average Bonchev–Trinajstić information content (AvgIpc) is 2.43. The Hall–Kier alpha value is -1.96. The molecule has 0 aromatic heterocycles. The number of carbonyl (C=O) groups is 2. The Morgan fingerprint density at radius 2 is 1.90 bits per heavy atom. The van der Waals surface area contributed by atoms with Gasteiger partial charge in [-0.1, -0.05) is 18.2 Å². The third-order valence-corrected chi connectivity index (χ3v) is 3.31. The van der Waals surface area contributed by atoms with Crippen molar-refractivity contribution in [3.8, 4) is 0 Å². The lowest BCUT2D eigenvalue weighted by Gasteiger charge is -2.48. The molecule has 1 unspecified atom stereocenters. The molecule has 2 rings (SSSR count). The van der Waals surface area contributed by atoms with Crippen molar-refractivity contribution in [1.82, 2.24) is 15.7 Å². The molecule has 7 heteroatoms. The lowest BCUT2D eigenvalue weighted by molar-refractivity contribution is -0.151. The number of hydroxylamine groups is 1. The Morgan fingerprint density at radius 1 is 1.30 bits per heavy atom. The van der Waals surface area contributed by atoms with Crippen LogP contribution in [0.25, 0.3) is 0 Å². The number of rotatable bonds is 4. The lowest BCUT2D eigenvalue weighted by atomic mass is 9.85. The highest BCUT2D eigenvalue weighted by molar-refractivity contribution is 5.97. The summed E-state index contributed by atoms with van der Waals surface area (Å²) in [6.07, 6.45) is 0. The first-order valence-corrected chi connectivity index (χ1v) is 6.17. The number of aliphatic hydroxyl groups is 1. The van der Waals surface area contributed by atoms with Crippen molar-refractivity contribution in [2.75, 3.05) is 20.1 Å². The van der Waals surface area contributed by atoms with E-state index in [1.54, 1.807) is 42.3 Å². The van der Waals surface area contributed by atoms with Gasteiger partial charge in [-0.3, -0.25) is 14.8 Å². The average molecular weight is 279 g/mol. The Balaban J connectivity index is 2.13. The number of amides is 2. The molecular weight excluding hydrogens is 262 g/mol. The van der Waals surface area contributed by atoms with Crippen molar-refractivity contribution in [3.63, 3.8) is 0 Å². The molecule has 7 nitrogen and oxygen atoms in total. The molecule has 1 saturated heterocycles. The molecule has 1 aliphatic heterocycles. The molecule has 0 saturated carbocycles. The van der Waals surface area contributed by atoms with E-state index in [2.05, 4.69) is 5.32 Å². The highest BCUT2D eigenvalue weighted by Gasteiger charge is 2.50. The zero-order valence-corrected chi connectivity index (χ0v) is 11.0. The molecule has 1 aromatic rings. The van der Waals surface area contributed by atoms with Gasteiger partial charge in [0.15, 0.2) is 0 Å². The number of benzene rings is 1. The summed E-state index contributed by atoms with van der Waals surface area (Å²) < 4.78 is 0. The largest absolute Gasteiger partial charge is 0.384 e. The summed E-state index contributed by atoms with van der Waals surface area (Å²) in [5.74, 6) is -1.33. The number of β-amino-alcohol motifs (C(OH)–C–C–N with tert-alkyl or cyclic N) is 1. The van der Waals surface area contributed by atoms with Crippen LogP contribution in [-0.2, 0) is 4.79 Å². The van der Waals surface area contributed by atoms with E-state index < -0.39 is 23.5 Å². The van der Waals surface area contributed by atoms with Gasteiger partial charge < -0.3 is 15.3 Å². The number of nitrogens with one attached hydrogen (secondary N) is 2. The summed E-state index contributed by atoms with van der Waals surface area (Å²) in [7, 11) is 1.78. The van der Waals surface area contributed by atoms with Gasteiger partial charge in [0.05, 0.1) is 0 Å². The lowest BCUT2D eigenvalue weighted by Crippen LogP contribution is -2.73. The van der Waals surface area contributed by atoms with Crippen molar-refractivity contribution in [1.29, 1.82) is 0 Å². The van der Waals surface area contributed by atoms with Gasteiger partial charge >= 0.3 is 0 Å². The minimum absolute atomic E-state index is 0.236. The first kappa shape index (κ1) is 14.4. The molecule has 1 heterocycles. The van der Waals surface area contributed by atoms with Gasteiger partial charge in [-0.15, -0.1) is 0 Å². The Morgan fingerprint density at radius 3 is 2.40 bits per heavy atom. The van der Waals surface area contributed by atoms with Crippen LogP contribution in [0.4, 0.5) is 0 Å². The van der Waals surface area contributed by atoms with Crippen LogP contribution < -0.4 is 10.8 Å². The van der Waals surface area contributed by atoms with Crippen molar-refractivity contribution < 1.29 is 19.9 Å². The van der Waals surface area contributed by atoms with E-state index in [-0.39, 0.29) is 13.1 Å². The van der Waals surface area contributed by atoms with Gasteiger partial charge in [0.1, 0.15) is 11.6 Å². The molecule has 0 spiro atoms. The SMILES string of the molecule is CN1CC(O)(C(NC(=O)c2ccccc2)C(=O)NO)C1. The standard InChI is InChI=1S/C13H17N3O4/c1-16-7-13(19,8-16)10(12(18)15-20)14-11(17)9-5-3-2-4-6-9/h2-6,10,19-20H,7-8H2,1H3,(H,14,17)(H,15,18). The molecule has 0 radical (unpaired) electrons. The first-order valence-electron chi connectivity index (χ1n) is 6.17. The normalized spacial score (nSPS) is 18.8. The minimum atomic E-state index is -1.38. The van der Waals surface area contributed by atoms with Crippen LogP contribution in [0.15, 0.2) is 30.3 Å². The molecule has 1 aromatic carbocycles. The molecule has 108 valence electrons. The van der Waals surface area contributed by atoms with Gasteiger partial charge in [0.2, 0.25) is 0 Å². The second kappa shape index (κ2) is 5.58. The predicted octanol–water partition coefficient (Wildman–Crippen LogP) is -1.03. The maximum Gasteiger partial charge on any atom is 0.269 e. The number of carbonyl (C=O) groups excluding carboxylic acids is 2. The van der Waals surface area contributed by atoms with Crippen LogP contribution in [-0.4, -0.2) is 58.8 Å². The number of likely N-dealkylation sites (N-methyl/N-ethyl adjacent to an activating group) is 1. The third-order valence-electron chi connectivity index (χ3n) is 3.31. The topological polar surface area (TPSA) is 102 Å². The first-order chi connectivity index (χ1) is 9.46. The summed E-state index contributed by atoms with van der Waals surface area (Å²) >= 11 is 0. The van der Waals surface area contributed by atoms with Crippen molar-refractivity contribution in [2.45, 2.75) is 11.6 Å². The number of nitrogens with zero attached hydrogens (tertiary/aromatic N) is 1. The highest BCUT2D eigenvalue weighted by Crippen LogP contribution is 2.23. The molecule has 0 aliphatic carbocycles. The predicted molar refractivity (Wildman–Crippen MR) is 70.1 cm³/mol. The Labute approximate surface area is 116 Å². The second-order valence-electron chi connectivity index (χ2n) is 5.02. The fourth-order valence-corrected chi connectivity index (χ4v) is 2.38. The van der Waals surface area contributed by atoms with E-state index in [0.29, 0.717) is 5.56 Å². The van der Waals surface area contributed by atoms with Gasteiger partial charge in [-0.05, 0) is 19.2 Å². The van der Waals surface area contributed by atoms with Crippen molar-refractivity contribution in [2.24, 2.45) is 0 Å². The maximum atomic E-state index is 12.0. The Bertz CT molecular complexity index is 500. The fraction of sp³-hybridized carbons (Fsp3) is 0.385. The number of likely N-dealkylation sites (tertiary alicyclic amines) is 1. The minimum Gasteiger partial charge on any atom is -0.384 e. The number of hydrogen-bond acceptors (Lipinski definition) is 5. The van der Waals surface area contributed by atoms with E-state index >= 15 is 0 Å². The van der Waals surface area contributed by atoms with E-state index in [4.69, 9.17) is 5.21 Å². The molecule has 1 atom stereocenters. The molecular formula is C13H17N3O4. The van der Waals surface area contributed by atoms with E-state index in [1.165, 1.54) is 5.48 Å². The molecule has 1 aliphatic rings. The monoisotopic (exact) mass is 279 g/mol. The van der Waals surface area contributed by atoms with Crippen molar-refractivity contribution in [3.05, 3.63) is 35.9 Å². The van der Waals surface area contributed by atoms with Crippen LogP contribution in [0.3, 0.4) is 0 Å². The summed E-state index contributed by atoms with van der Waals surface area (Å²) in [4.78, 5) is 25.5. The Kier molecular flexibility index (Phi) is 4.03. The summed E-state index contributed by atoms with van der Waals surface area (Å²) in [6.45, 7) is 0.473. The quantitative estimate of drug-likeness (QED) is 0.417. The highest BCUT2D eigenvalue weighted by atomic mass is 16.5. The molecule has 0 bridgehead atoms. The van der Waals surface area contributed by atoms with Crippen LogP contribution >= 0.6 is 0 Å². The van der Waals surface area contributed by atoms with E-state index in [0.717, 1.165) is 0 Å². The summed E-state index contributed by atoms with van der Waals surface area (Å²) in [5, 5.41) is 21.5. The zero-order chi connectivity index (χ0) is 14.8. The molecule has 2 amide bonds. The third kappa shape index (κ3) is 2.79. The molecule has 4 N–H and O–H groups in total. The smallest absolute Gasteiger partial charge is 0.269 e. The van der Waals surface area contributed by atoms with Gasteiger partial charge in [-0.2, -0.15) is 0 Å². The van der Waals surface area contributed by atoms with Crippen LogP contribution in [0.2, 0.25) is 0 Å². The van der Waals surface area contributed by atoms with E-state index in [1.807, 2.05) is 0 Å². The van der Waals surface area contributed by atoms with Crippen molar-refractivity contribution >= 4 is 11.8 Å². The summed E-state index contributed by atoms with van der Waals surface area (Å²) in [6, 6.07) is 7.14. The zero-order valence-electron chi connectivity index (χ0n) is 11.0.